The first kappa shape index (κ1) is 14.9. The fourth-order valence-electron chi connectivity index (χ4n) is 1.32. The molecule has 0 saturated heterocycles. The zero-order chi connectivity index (χ0) is 12.7. The zero-order valence-electron chi connectivity index (χ0n) is 9.86. The van der Waals surface area contributed by atoms with Crippen molar-refractivity contribution in [1.29, 1.82) is 0 Å². The van der Waals surface area contributed by atoms with E-state index in [4.69, 9.17) is 10.2 Å². The maximum atomic E-state index is 11.4. The number of carboxylic acids is 1. The number of rotatable bonds is 7. The van der Waals surface area contributed by atoms with Gasteiger partial charge in [0.1, 0.15) is 0 Å². The van der Waals surface area contributed by atoms with E-state index >= 15 is 0 Å². The van der Waals surface area contributed by atoms with Crippen LogP contribution in [0.3, 0.4) is 0 Å². The molecule has 3 atom stereocenters. The molecule has 0 bridgehead atoms. The second kappa shape index (κ2) is 7.19. The molecule has 0 radical (unpaired) electrons. The molecule has 1 unspecified atom stereocenters. The van der Waals surface area contributed by atoms with Gasteiger partial charge in [-0.15, -0.1) is 0 Å². The highest BCUT2D eigenvalue weighted by Crippen LogP contribution is 1.96. The van der Waals surface area contributed by atoms with E-state index in [1.54, 1.807) is 0 Å². The Kier molecular flexibility index (Phi) is 6.67. The van der Waals surface area contributed by atoms with Gasteiger partial charge in [-0.25, -0.2) is 4.79 Å². The van der Waals surface area contributed by atoms with Crippen LogP contribution in [0.5, 0.6) is 0 Å². The van der Waals surface area contributed by atoms with Gasteiger partial charge in [-0.05, 0) is 20.4 Å². The topological polar surface area (TPSA) is 98.7 Å². The van der Waals surface area contributed by atoms with Crippen LogP contribution in [0.2, 0.25) is 0 Å². The van der Waals surface area contributed by atoms with E-state index in [-0.39, 0.29) is 18.4 Å². The summed E-state index contributed by atoms with van der Waals surface area (Å²) in [6, 6.07) is -1.27. The minimum atomic E-state index is -1.25. The molecule has 0 aromatic rings. The fourth-order valence-corrected chi connectivity index (χ4v) is 1.32. The van der Waals surface area contributed by atoms with Crippen molar-refractivity contribution in [3.8, 4) is 0 Å². The number of amides is 1. The third kappa shape index (κ3) is 5.67. The maximum Gasteiger partial charge on any atom is 0.328 e. The van der Waals surface area contributed by atoms with Crippen molar-refractivity contribution in [2.24, 2.45) is 0 Å². The summed E-state index contributed by atoms with van der Waals surface area (Å²) in [4.78, 5) is 22.1. The quantitative estimate of drug-likeness (QED) is 0.466. The highest BCUT2D eigenvalue weighted by atomic mass is 16.4. The van der Waals surface area contributed by atoms with Crippen molar-refractivity contribution < 1.29 is 19.8 Å². The first-order valence-electron chi connectivity index (χ1n) is 5.32. The van der Waals surface area contributed by atoms with Crippen molar-refractivity contribution in [2.45, 2.75) is 45.4 Å². The van der Waals surface area contributed by atoms with Crippen LogP contribution in [0.4, 0.5) is 0 Å². The molecule has 16 heavy (non-hydrogen) atoms. The molecule has 6 nitrogen and oxygen atoms in total. The minimum absolute atomic E-state index is 0.0200. The van der Waals surface area contributed by atoms with Crippen LogP contribution in [0.25, 0.3) is 0 Å². The summed E-state index contributed by atoms with van der Waals surface area (Å²) < 4.78 is 0. The minimum Gasteiger partial charge on any atom is -0.480 e. The maximum absolute atomic E-state index is 11.4. The second-order valence-electron chi connectivity index (χ2n) is 3.79. The summed E-state index contributed by atoms with van der Waals surface area (Å²) in [5.74, 6) is -1.62. The van der Waals surface area contributed by atoms with Crippen molar-refractivity contribution in [3.05, 3.63) is 0 Å². The summed E-state index contributed by atoms with van der Waals surface area (Å²) in [6.07, 6.45) is -0.930. The highest BCUT2D eigenvalue weighted by molar-refractivity contribution is 5.84. The number of carbonyl (C=O) groups excluding carboxylic acids is 1. The predicted octanol–water partition coefficient (Wildman–Crippen LogP) is -0.675. The third-order valence-corrected chi connectivity index (χ3v) is 2.11. The summed E-state index contributed by atoms with van der Waals surface area (Å²) in [7, 11) is 0. The number of aliphatic hydroxyl groups is 1. The molecule has 0 aliphatic carbocycles. The van der Waals surface area contributed by atoms with Crippen LogP contribution in [-0.2, 0) is 9.59 Å². The summed E-state index contributed by atoms with van der Waals surface area (Å²) in [5, 5.41) is 23.2. The van der Waals surface area contributed by atoms with Gasteiger partial charge in [0.25, 0.3) is 0 Å². The second-order valence-corrected chi connectivity index (χ2v) is 3.79. The molecule has 0 heterocycles. The number of nitrogens with one attached hydrogen (secondary N) is 2. The molecule has 0 saturated carbocycles. The predicted molar refractivity (Wildman–Crippen MR) is 59.0 cm³/mol. The average Bonchev–Trinajstić information content (AvgIpc) is 2.13. The Hall–Kier alpha value is -1.14. The Labute approximate surface area is 95.0 Å². The van der Waals surface area contributed by atoms with E-state index in [1.807, 2.05) is 13.8 Å². The van der Waals surface area contributed by atoms with Gasteiger partial charge in [0, 0.05) is 12.5 Å². The molecule has 94 valence electrons. The molecular weight excluding hydrogens is 212 g/mol. The van der Waals surface area contributed by atoms with E-state index in [9.17, 15) is 9.59 Å². The molecule has 0 aromatic carbocycles. The summed E-state index contributed by atoms with van der Waals surface area (Å²) in [5.41, 5.74) is 0. The van der Waals surface area contributed by atoms with E-state index in [0.29, 0.717) is 0 Å². The standard InChI is InChI=1S/C10H20N2O4/c1-4-11-6(2)5-8(14)12-9(7(3)13)10(15)16/h6-7,9,11,13H,4-5H2,1-3H3,(H,12,14)(H,15,16)/t6?,7-,9+/m1/s1. The first-order chi connectivity index (χ1) is 7.38. The highest BCUT2D eigenvalue weighted by Gasteiger charge is 2.25. The average molecular weight is 232 g/mol. The number of aliphatic hydroxyl groups excluding tert-OH is 1. The smallest absolute Gasteiger partial charge is 0.328 e. The normalized spacial score (nSPS) is 16.2. The Bertz CT molecular complexity index is 243. The number of carboxylic acid groups (broad SMARTS) is 1. The lowest BCUT2D eigenvalue weighted by Crippen LogP contribution is -2.48. The van der Waals surface area contributed by atoms with Crippen LogP contribution < -0.4 is 10.6 Å². The lowest BCUT2D eigenvalue weighted by Gasteiger charge is -2.18. The lowest BCUT2D eigenvalue weighted by atomic mass is 10.1. The van der Waals surface area contributed by atoms with Gasteiger partial charge in [0.15, 0.2) is 6.04 Å². The van der Waals surface area contributed by atoms with E-state index in [0.717, 1.165) is 6.54 Å². The van der Waals surface area contributed by atoms with E-state index in [1.165, 1.54) is 6.92 Å². The SMILES string of the molecule is CCNC(C)CC(=O)N[C@H](C(=O)O)[C@@H](C)O. The molecule has 4 N–H and O–H groups in total. The largest absolute Gasteiger partial charge is 0.480 e. The molecule has 0 spiro atoms. The number of aliphatic carboxylic acids is 1. The van der Waals surface area contributed by atoms with Crippen LogP contribution >= 0.6 is 0 Å². The van der Waals surface area contributed by atoms with E-state index < -0.39 is 18.1 Å². The molecule has 1 amide bonds. The Balaban J connectivity index is 4.15. The van der Waals surface area contributed by atoms with E-state index in [2.05, 4.69) is 10.6 Å². The van der Waals surface area contributed by atoms with Crippen LogP contribution in [-0.4, -0.2) is 46.8 Å². The number of hydrogen-bond acceptors (Lipinski definition) is 4. The zero-order valence-corrected chi connectivity index (χ0v) is 9.86. The Morgan fingerprint density at radius 1 is 1.31 bits per heavy atom. The van der Waals surface area contributed by atoms with Gasteiger partial charge < -0.3 is 20.8 Å². The van der Waals surface area contributed by atoms with Crippen molar-refractivity contribution in [1.82, 2.24) is 10.6 Å². The lowest BCUT2D eigenvalue weighted by molar-refractivity contribution is -0.144. The molecule has 6 heteroatoms. The van der Waals surface area contributed by atoms with Crippen molar-refractivity contribution in [2.75, 3.05) is 6.54 Å². The van der Waals surface area contributed by atoms with Crippen molar-refractivity contribution in [3.63, 3.8) is 0 Å². The van der Waals surface area contributed by atoms with Gasteiger partial charge >= 0.3 is 5.97 Å². The van der Waals surface area contributed by atoms with Crippen molar-refractivity contribution >= 4 is 11.9 Å². The molecule has 0 rings (SSSR count). The van der Waals surface area contributed by atoms with Gasteiger partial charge in [-0.1, -0.05) is 6.92 Å². The van der Waals surface area contributed by atoms with Gasteiger partial charge in [-0.2, -0.15) is 0 Å². The van der Waals surface area contributed by atoms with Crippen LogP contribution in [0.1, 0.15) is 27.2 Å². The third-order valence-electron chi connectivity index (χ3n) is 2.11. The molecule has 0 aliphatic rings. The van der Waals surface area contributed by atoms with Gasteiger partial charge in [0.05, 0.1) is 6.10 Å². The molecule has 0 aromatic heterocycles. The Morgan fingerprint density at radius 3 is 2.25 bits per heavy atom. The van der Waals surface area contributed by atoms with Gasteiger partial charge in [-0.3, -0.25) is 4.79 Å². The number of hydrogen-bond donors (Lipinski definition) is 4. The number of carbonyl (C=O) groups is 2. The van der Waals surface area contributed by atoms with Crippen LogP contribution in [0.15, 0.2) is 0 Å². The van der Waals surface area contributed by atoms with Gasteiger partial charge in [0.2, 0.25) is 5.91 Å². The Morgan fingerprint density at radius 2 is 1.88 bits per heavy atom. The summed E-state index contributed by atoms with van der Waals surface area (Å²) in [6.45, 7) is 5.82. The summed E-state index contributed by atoms with van der Waals surface area (Å²) >= 11 is 0. The molecule has 0 fully saturated rings. The fraction of sp³-hybridized carbons (Fsp3) is 0.800. The first-order valence-corrected chi connectivity index (χ1v) is 5.32. The molecule has 0 aliphatic heterocycles. The van der Waals surface area contributed by atoms with Crippen LogP contribution in [0, 0.1) is 0 Å². The monoisotopic (exact) mass is 232 g/mol. The molecular formula is C10H20N2O4.